The van der Waals surface area contributed by atoms with Crippen molar-refractivity contribution in [1.82, 2.24) is 4.90 Å². The Hall–Kier alpha value is -1.68. The highest BCUT2D eigenvalue weighted by molar-refractivity contribution is 5.89. The molecular formula is C16H21NO3. The van der Waals surface area contributed by atoms with Gasteiger partial charge in [-0.15, -0.1) is 0 Å². The Balaban J connectivity index is 2.15. The third kappa shape index (κ3) is 3.45. The van der Waals surface area contributed by atoms with Gasteiger partial charge < -0.3 is 5.11 Å². The fraction of sp³-hybridized carbons (Fsp3) is 0.500. The first kappa shape index (κ1) is 14.7. The molecule has 4 nitrogen and oxygen atoms in total. The minimum absolute atomic E-state index is 0.239. The SMILES string of the molecule is CN(Cc1cc(C(=O)O)ccc1C=O)C1CCCCC1. The summed E-state index contributed by atoms with van der Waals surface area (Å²) >= 11 is 0. The standard InChI is InChI=1S/C16H21NO3/c1-17(15-5-3-2-4-6-15)10-14-9-12(16(19)20)7-8-13(14)11-18/h7-9,11,15H,2-6,10H2,1H3,(H,19,20). The molecule has 0 radical (unpaired) electrons. The second-order valence-electron chi connectivity index (χ2n) is 5.54. The molecule has 0 spiro atoms. The number of carboxylic acids is 1. The van der Waals surface area contributed by atoms with Gasteiger partial charge in [0.2, 0.25) is 0 Å². The maximum atomic E-state index is 11.1. The molecule has 1 aliphatic rings. The van der Waals surface area contributed by atoms with E-state index in [0.717, 1.165) is 11.8 Å². The average molecular weight is 275 g/mol. The van der Waals surface area contributed by atoms with Crippen molar-refractivity contribution in [3.63, 3.8) is 0 Å². The molecule has 108 valence electrons. The Morgan fingerprint density at radius 3 is 2.65 bits per heavy atom. The van der Waals surface area contributed by atoms with Crippen molar-refractivity contribution in [2.75, 3.05) is 7.05 Å². The summed E-state index contributed by atoms with van der Waals surface area (Å²) in [5.74, 6) is -0.955. The van der Waals surface area contributed by atoms with Crippen LogP contribution in [-0.4, -0.2) is 35.4 Å². The minimum atomic E-state index is -0.955. The molecule has 0 heterocycles. The van der Waals surface area contributed by atoms with Crippen LogP contribution in [0.3, 0.4) is 0 Å². The number of rotatable bonds is 5. The quantitative estimate of drug-likeness (QED) is 0.839. The smallest absolute Gasteiger partial charge is 0.335 e. The predicted octanol–water partition coefficient (Wildman–Crippen LogP) is 2.96. The van der Waals surface area contributed by atoms with Gasteiger partial charge in [0.25, 0.3) is 0 Å². The van der Waals surface area contributed by atoms with Gasteiger partial charge >= 0.3 is 5.97 Å². The van der Waals surface area contributed by atoms with Crippen LogP contribution in [0.4, 0.5) is 0 Å². The van der Waals surface area contributed by atoms with E-state index < -0.39 is 5.97 Å². The summed E-state index contributed by atoms with van der Waals surface area (Å²) in [6.07, 6.45) is 6.99. The Morgan fingerprint density at radius 1 is 1.35 bits per heavy atom. The van der Waals surface area contributed by atoms with Crippen molar-refractivity contribution in [2.45, 2.75) is 44.7 Å². The third-order valence-electron chi connectivity index (χ3n) is 4.13. The Morgan fingerprint density at radius 2 is 2.05 bits per heavy atom. The highest BCUT2D eigenvalue weighted by Gasteiger charge is 2.19. The number of aromatic carboxylic acids is 1. The average Bonchev–Trinajstić information content (AvgIpc) is 2.48. The lowest BCUT2D eigenvalue weighted by atomic mass is 9.94. The van der Waals surface area contributed by atoms with Gasteiger partial charge in [0, 0.05) is 18.2 Å². The largest absolute Gasteiger partial charge is 0.478 e. The molecule has 1 aromatic rings. The first-order chi connectivity index (χ1) is 9.61. The number of benzene rings is 1. The molecule has 0 aromatic heterocycles. The summed E-state index contributed by atoms with van der Waals surface area (Å²) in [6, 6.07) is 5.24. The second-order valence-corrected chi connectivity index (χ2v) is 5.54. The van der Waals surface area contributed by atoms with Gasteiger partial charge in [0.15, 0.2) is 0 Å². The molecule has 1 saturated carbocycles. The molecule has 4 heteroatoms. The zero-order chi connectivity index (χ0) is 14.5. The number of nitrogens with zero attached hydrogens (tertiary/aromatic N) is 1. The number of carbonyl (C=O) groups is 2. The summed E-state index contributed by atoms with van der Waals surface area (Å²) in [7, 11) is 2.05. The monoisotopic (exact) mass is 275 g/mol. The van der Waals surface area contributed by atoms with Crippen LogP contribution in [0.15, 0.2) is 18.2 Å². The fourth-order valence-corrected chi connectivity index (χ4v) is 2.91. The van der Waals surface area contributed by atoms with Gasteiger partial charge in [-0.05, 0) is 37.6 Å². The summed E-state index contributed by atoms with van der Waals surface area (Å²) in [6.45, 7) is 0.625. The molecule has 0 atom stereocenters. The predicted molar refractivity (Wildman–Crippen MR) is 77.1 cm³/mol. The van der Waals surface area contributed by atoms with Crippen LogP contribution >= 0.6 is 0 Å². The van der Waals surface area contributed by atoms with Crippen molar-refractivity contribution < 1.29 is 14.7 Å². The highest BCUT2D eigenvalue weighted by atomic mass is 16.4. The van der Waals surface area contributed by atoms with Gasteiger partial charge in [0.05, 0.1) is 5.56 Å². The number of aldehydes is 1. The molecule has 2 rings (SSSR count). The van der Waals surface area contributed by atoms with E-state index in [4.69, 9.17) is 5.11 Å². The molecule has 1 aliphatic carbocycles. The van der Waals surface area contributed by atoms with Crippen molar-refractivity contribution in [1.29, 1.82) is 0 Å². The molecule has 0 unspecified atom stereocenters. The van der Waals surface area contributed by atoms with Gasteiger partial charge in [-0.3, -0.25) is 9.69 Å². The van der Waals surface area contributed by atoms with E-state index in [1.54, 1.807) is 12.1 Å². The van der Waals surface area contributed by atoms with E-state index in [-0.39, 0.29) is 5.56 Å². The Labute approximate surface area is 119 Å². The first-order valence-electron chi connectivity index (χ1n) is 7.13. The Kier molecular flexibility index (Phi) is 4.90. The van der Waals surface area contributed by atoms with Gasteiger partial charge in [-0.25, -0.2) is 4.79 Å². The van der Waals surface area contributed by atoms with E-state index in [0.29, 0.717) is 18.2 Å². The molecule has 1 fully saturated rings. The first-order valence-corrected chi connectivity index (χ1v) is 7.13. The maximum Gasteiger partial charge on any atom is 0.335 e. The normalized spacial score (nSPS) is 16.3. The van der Waals surface area contributed by atoms with E-state index in [1.807, 2.05) is 0 Å². The molecule has 0 saturated heterocycles. The lowest BCUT2D eigenvalue weighted by molar-refractivity contribution is 0.0696. The lowest BCUT2D eigenvalue weighted by Crippen LogP contribution is -2.33. The second kappa shape index (κ2) is 6.66. The van der Waals surface area contributed by atoms with Crippen LogP contribution < -0.4 is 0 Å². The van der Waals surface area contributed by atoms with Crippen molar-refractivity contribution in [3.8, 4) is 0 Å². The zero-order valence-corrected chi connectivity index (χ0v) is 11.8. The van der Waals surface area contributed by atoms with Gasteiger partial charge in [0.1, 0.15) is 6.29 Å². The summed E-state index contributed by atoms with van der Waals surface area (Å²) in [5.41, 5.74) is 1.62. The molecular weight excluding hydrogens is 254 g/mol. The summed E-state index contributed by atoms with van der Waals surface area (Å²) < 4.78 is 0. The van der Waals surface area contributed by atoms with Crippen molar-refractivity contribution in [2.24, 2.45) is 0 Å². The van der Waals surface area contributed by atoms with Crippen LogP contribution in [0, 0.1) is 0 Å². The third-order valence-corrected chi connectivity index (χ3v) is 4.13. The molecule has 20 heavy (non-hydrogen) atoms. The minimum Gasteiger partial charge on any atom is -0.478 e. The highest BCUT2D eigenvalue weighted by Crippen LogP contribution is 2.23. The van der Waals surface area contributed by atoms with Crippen LogP contribution in [0.5, 0.6) is 0 Å². The molecule has 0 amide bonds. The van der Waals surface area contributed by atoms with E-state index >= 15 is 0 Å². The van der Waals surface area contributed by atoms with Gasteiger partial charge in [-0.2, -0.15) is 0 Å². The zero-order valence-electron chi connectivity index (χ0n) is 11.8. The van der Waals surface area contributed by atoms with Crippen LogP contribution in [0.25, 0.3) is 0 Å². The number of carbonyl (C=O) groups excluding carboxylic acids is 1. The maximum absolute atomic E-state index is 11.1. The summed E-state index contributed by atoms with van der Waals surface area (Å²) in [4.78, 5) is 24.4. The number of hydrogen-bond donors (Lipinski definition) is 1. The van der Waals surface area contributed by atoms with Crippen molar-refractivity contribution >= 4 is 12.3 Å². The number of hydrogen-bond acceptors (Lipinski definition) is 3. The van der Waals surface area contributed by atoms with Crippen LogP contribution in [-0.2, 0) is 6.54 Å². The molecule has 1 N–H and O–H groups in total. The van der Waals surface area contributed by atoms with Gasteiger partial charge in [-0.1, -0.05) is 25.3 Å². The molecule has 0 bridgehead atoms. The van der Waals surface area contributed by atoms with Crippen molar-refractivity contribution in [3.05, 3.63) is 34.9 Å². The van der Waals surface area contributed by atoms with E-state index in [2.05, 4.69) is 11.9 Å². The van der Waals surface area contributed by atoms with E-state index in [9.17, 15) is 9.59 Å². The lowest BCUT2D eigenvalue weighted by Gasteiger charge is -2.31. The fourth-order valence-electron chi connectivity index (χ4n) is 2.91. The topological polar surface area (TPSA) is 57.6 Å². The summed E-state index contributed by atoms with van der Waals surface area (Å²) in [5, 5.41) is 9.05. The number of carboxylic acid groups (broad SMARTS) is 1. The molecule has 1 aromatic carbocycles. The van der Waals surface area contributed by atoms with E-state index in [1.165, 1.54) is 38.2 Å². The Bertz CT molecular complexity index is 492. The molecule has 0 aliphatic heterocycles. The van der Waals surface area contributed by atoms with Crippen LogP contribution in [0.1, 0.15) is 58.4 Å². The van der Waals surface area contributed by atoms with Crippen LogP contribution in [0.2, 0.25) is 0 Å².